The van der Waals surface area contributed by atoms with Crippen molar-refractivity contribution in [1.29, 1.82) is 0 Å². The van der Waals surface area contributed by atoms with Crippen LogP contribution in [0.5, 0.6) is 5.75 Å². The first-order valence-electron chi connectivity index (χ1n) is 8.52. The Morgan fingerprint density at radius 1 is 1.08 bits per heavy atom. The summed E-state index contributed by atoms with van der Waals surface area (Å²) < 4.78 is 32.7. The van der Waals surface area contributed by atoms with Crippen molar-refractivity contribution in [1.82, 2.24) is 4.72 Å². The van der Waals surface area contributed by atoms with Gasteiger partial charge in [0.2, 0.25) is 10.0 Å². The van der Waals surface area contributed by atoms with E-state index >= 15 is 0 Å². The van der Waals surface area contributed by atoms with Crippen molar-refractivity contribution in [3.63, 3.8) is 0 Å². The molecular formula is C19H24N2O4S. The van der Waals surface area contributed by atoms with Crippen molar-refractivity contribution in [2.75, 3.05) is 19.0 Å². The van der Waals surface area contributed by atoms with Gasteiger partial charge in [-0.05, 0) is 36.8 Å². The Kier molecular flexibility index (Phi) is 7.17. The number of nitrogens with one attached hydrogen (secondary N) is 2. The molecule has 0 bridgehead atoms. The molecule has 0 atom stereocenters. The van der Waals surface area contributed by atoms with E-state index in [4.69, 9.17) is 4.74 Å². The molecule has 140 valence electrons. The van der Waals surface area contributed by atoms with Crippen molar-refractivity contribution in [2.24, 2.45) is 0 Å². The van der Waals surface area contributed by atoms with Gasteiger partial charge < -0.3 is 10.1 Å². The van der Waals surface area contributed by atoms with Crippen LogP contribution in [0.3, 0.4) is 0 Å². The van der Waals surface area contributed by atoms with Gasteiger partial charge in [-0.3, -0.25) is 4.79 Å². The number of anilines is 1. The highest BCUT2D eigenvalue weighted by Gasteiger charge is 2.17. The highest BCUT2D eigenvalue weighted by molar-refractivity contribution is 7.89. The van der Waals surface area contributed by atoms with E-state index < -0.39 is 10.0 Å². The molecule has 1 amide bonds. The summed E-state index contributed by atoms with van der Waals surface area (Å²) in [5.41, 5.74) is 0.776. The zero-order chi connectivity index (χ0) is 19.0. The lowest BCUT2D eigenvalue weighted by atomic mass is 10.2. The Morgan fingerprint density at radius 3 is 2.46 bits per heavy atom. The molecular weight excluding hydrogens is 352 g/mol. The summed E-state index contributed by atoms with van der Waals surface area (Å²) in [5, 5.41) is 2.71. The molecule has 0 saturated heterocycles. The second-order valence-electron chi connectivity index (χ2n) is 5.79. The standard InChI is InChI=1S/C19H24N2O4S/c1-3-4-8-13-20-26(23,24)16-11-12-18(25-2)17(14-16)21-19(22)15-9-6-5-7-10-15/h5-7,9-12,14,20H,3-4,8,13H2,1-2H3,(H,21,22). The molecule has 7 heteroatoms. The van der Waals surface area contributed by atoms with E-state index in [1.54, 1.807) is 24.3 Å². The maximum Gasteiger partial charge on any atom is 0.255 e. The zero-order valence-electron chi connectivity index (χ0n) is 15.0. The summed E-state index contributed by atoms with van der Waals surface area (Å²) in [5.74, 6) is 0.0496. The van der Waals surface area contributed by atoms with E-state index in [2.05, 4.69) is 17.0 Å². The van der Waals surface area contributed by atoms with E-state index in [9.17, 15) is 13.2 Å². The normalized spacial score (nSPS) is 11.2. The van der Waals surface area contributed by atoms with Crippen LogP contribution >= 0.6 is 0 Å². The molecule has 0 aliphatic carbocycles. The van der Waals surface area contributed by atoms with Gasteiger partial charge in [0, 0.05) is 12.1 Å². The fourth-order valence-electron chi connectivity index (χ4n) is 2.40. The second kappa shape index (κ2) is 9.35. The van der Waals surface area contributed by atoms with Crippen LogP contribution in [0.2, 0.25) is 0 Å². The fourth-order valence-corrected chi connectivity index (χ4v) is 3.50. The van der Waals surface area contributed by atoms with Crippen molar-refractivity contribution in [3.8, 4) is 5.75 Å². The summed E-state index contributed by atoms with van der Waals surface area (Å²) in [6, 6.07) is 13.1. The van der Waals surface area contributed by atoms with Crippen molar-refractivity contribution in [3.05, 3.63) is 54.1 Å². The lowest BCUT2D eigenvalue weighted by molar-refractivity contribution is 0.102. The van der Waals surface area contributed by atoms with Crippen LogP contribution in [-0.2, 0) is 10.0 Å². The van der Waals surface area contributed by atoms with Crippen LogP contribution in [0.4, 0.5) is 5.69 Å². The predicted octanol–water partition coefficient (Wildman–Crippen LogP) is 3.42. The number of sulfonamides is 1. The minimum Gasteiger partial charge on any atom is -0.495 e. The van der Waals surface area contributed by atoms with Crippen molar-refractivity contribution < 1.29 is 17.9 Å². The molecule has 0 fully saturated rings. The van der Waals surface area contributed by atoms with Gasteiger partial charge in [-0.25, -0.2) is 13.1 Å². The van der Waals surface area contributed by atoms with Crippen LogP contribution < -0.4 is 14.8 Å². The monoisotopic (exact) mass is 376 g/mol. The number of methoxy groups -OCH3 is 1. The molecule has 0 spiro atoms. The number of ether oxygens (including phenoxy) is 1. The van der Waals surface area contributed by atoms with Crippen molar-refractivity contribution in [2.45, 2.75) is 31.1 Å². The SMILES string of the molecule is CCCCCNS(=O)(=O)c1ccc(OC)c(NC(=O)c2ccccc2)c1. The van der Waals surface area contributed by atoms with Gasteiger partial charge in [0.15, 0.2) is 0 Å². The molecule has 0 aliphatic heterocycles. The Labute approximate surface area is 154 Å². The number of hydrogen-bond donors (Lipinski definition) is 2. The molecule has 0 radical (unpaired) electrons. The number of rotatable bonds is 9. The maximum atomic E-state index is 12.4. The van der Waals surface area contributed by atoms with Gasteiger partial charge in [-0.2, -0.15) is 0 Å². The number of hydrogen-bond acceptors (Lipinski definition) is 4. The highest BCUT2D eigenvalue weighted by atomic mass is 32.2. The average Bonchev–Trinajstić information content (AvgIpc) is 2.66. The van der Waals surface area contributed by atoms with Gasteiger partial charge in [0.25, 0.3) is 5.91 Å². The quantitative estimate of drug-likeness (QED) is 0.657. The van der Waals surface area contributed by atoms with Gasteiger partial charge in [0.05, 0.1) is 17.7 Å². The third-order valence-electron chi connectivity index (χ3n) is 3.84. The van der Waals surface area contributed by atoms with Gasteiger partial charge >= 0.3 is 0 Å². The number of benzene rings is 2. The van der Waals surface area contributed by atoms with Crippen LogP contribution in [0, 0.1) is 0 Å². The van der Waals surface area contributed by atoms with E-state index in [0.29, 0.717) is 23.5 Å². The molecule has 26 heavy (non-hydrogen) atoms. The maximum absolute atomic E-state index is 12.4. The molecule has 6 nitrogen and oxygen atoms in total. The second-order valence-corrected chi connectivity index (χ2v) is 7.55. The third kappa shape index (κ3) is 5.31. The number of amides is 1. The minimum atomic E-state index is -3.65. The van der Waals surface area contributed by atoms with Gasteiger partial charge in [0.1, 0.15) is 5.75 Å². The van der Waals surface area contributed by atoms with Crippen LogP contribution in [0.25, 0.3) is 0 Å². The molecule has 0 aliphatic rings. The largest absolute Gasteiger partial charge is 0.495 e. The number of carbonyl (C=O) groups excluding carboxylic acids is 1. The first-order valence-corrected chi connectivity index (χ1v) is 10.0. The first kappa shape index (κ1) is 19.9. The molecule has 2 aromatic carbocycles. The Hall–Kier alpha value is -2.38. The summed E-state index contributed by atoms with van der Waals surface area (Å²) in [7, 11) is -2.18. The molecule has 2 rings (SSSR count). The Morgan fingerprint density at radius 2 is 1.81 bits per heavy atom. The van der Waals surface area contributed by atoms with E-state index in [1.807, 2.05) is 6.07 Å². The van der Waals surface area contributed by atoms with Crippen LogP contribution in [-0.4, -0.2) is 28.0 Å². The molecule has 0 heterocycles. The van der Waals surface area contributed by atoms with Crippen molar-refractivity contribution >= 4 is 21.6 Å². The minimum absolute atomic E-state index is 0.0816. The average molecular weight is 376 g/mol. The van der Waals surface area contributed by atoms with Gasteiger partial charge in [-0.15, -0.1) is 0 Å². The lowest BCUT2D eigenvalue weighted by Gasteiger charge is -2.13. The van der Waals surface area contributed by atoms with E-state index in [-0.39, 0.29) is 10.8 Å². The fraction of sp³-hybridized carbons (Fsp3) is 0.316. The lowest BCUT2D eigenvalue weighted by Crippen LogP contribution is -2.25. The molecule has 0 aromatic heterocycles. The van der Waals surface area contributed by atoms with E-state index in [0.717, 1.165) is 19.3 Å². The summed E-state index contributed by atoms with van der Waals surface area (Å²) in [6.07, 6.45) is 2.76. The topological polar surface area (TPSA) is 84.5 Å². The van der Waals surface area contributed by atoms with Gasteiger partial charge in [-0.1, -0.05) is 38.0 Å². The smallest absolute Gasteiger partial charge is 0.255 e. The molecule has 2 aromatic rings. The highest BCUT2D eigenvalue weighted by Crippen LogP contribution is 2.28. The Balaban J connectivity index is 2.21. The molecule has 0 saturated carbocycles. The summed E-state index contributed by atoms with van der Waals surface area (Å²) in [4.78, 5) is 12.4. The zero-order valence-corrected chi connectivity index (χ0v) is 15.8. The van der Waals surface area contributed by atoms with E-state index in [1.165, 1.54) is 25.3 Å². The molecule has 0 unspecified atom stereocenters. The number of unbranched alkanes of at least 4 members (excludes halogenated alkanes) is 2. The third-order valence-corrected chi connectivity index (χ3v) is 5.30. The summed E-state index contributed by atoms with van der Waals surface area (Å²) >= 11 is 0. The number of carbonyl (C=O) groups is 1. The Bertz CT molecular complexity index is 836. The molecule has 2 N–H and O–H groups in total. The summed E-state index contributed by atoms with van der Waals surface area (Å²) in [6.45, 7) is 2.44. The predicted molar refractivity (Wildman–Crippen MR) is 102 cm³/mol. The van der Waals surface area contributed by atoms with Crippen LogP contribution in [0.15, 0.2) is 53.4 Å². The first-order chi connectivity index (χ1) is 12.5. The van der Waals surface area contributed by atoms with Crippen LogP contribution in [0.1, 0.15) is 36.5 Å².